The van der Waals surface area contributed by atoms with E-state index >= 15 is 0 Å². The molecule has 0 aliphatic carbocycles. The minimum absolute atomic E-state index is 0.178. The Kier molecular flexibility index (Phi) is 3.28. The van der Waals surface area contributed by atoms with Crippen LogP contribution in [0.4, 0.5) is 17.2 Å². The highest BCUT2D eigenvalue weighted by atomic mass is 16.3. The van der Waals surface area contributed by atoms with E-state index in [0.29, 0.717) is 11.4 Å². The number of H-pyrrole nitrogens is 1. The van der Waals surface area contributed by atoms with Gasteiger partial charge in [0.25, 0.3) is 5.56 Å². The predicted octanol–water partition coefficient (Wildman–Crippen LogP) is 1.48. The molecule has 0 aliphatic heterocycles. The Hall–Kier alpha value is -2.70. The molecule has 1 aromatic carbocycles. The normalized spacial score (nSPS) is 10.2. The van der Waals surface area contributed by atoms with Crippen molar-refractivity contribution in [3.63, 3.8) is 0 Å². The van der Waals surface area contributed by atoms with Crippen LogP contribution in [0.2, 0.25) is 0 Å². The van der Waals surface area contributed by atoms with E-state index in [2.05, 4.69) is 15.1 Å². The molecule has 3 N–H and O–H groups in total. The van der Waals surface area contributed by atoms with Crippen LogP contribution < -0.4 is 16.2 Å². The number of hydrogen-bond acceptors (Lipinski definition) is 6. The van der Waals surface area contributed by atoms with Gasteiger partial charge in [0.1, 0.15) is 5.82 Å². The molecule has 1 heterocycles. The second-order valence-electron chi connectivity index (χ2n) is 4.15. The van der Waals surface area contributed by atoms with Crippen molar-refractivity contribution in [2.24, 2.45) is 5.18 Å². The zero-order valence-corrected chi connectivity index (χ0v) is 10.5. The number of nitroso groups, excluding NO2 is 1. The second kappa shape index (κ2) is 4.89. The minimum Gasteiger partial charge on any atom is -0.382 e. The number of benzene rings is 1. The number of nitrogens with two attached hydrogens (primary N) is 1. The van der Waals surface area contributed by atoms with Crippen LogP contribution in [0.25, 0.3) is 11.4 Å². The number of nitrogens with one attached hydrogen (secondary N) is 1. The Balaban J connectivity index is 2.67. The maximum Gasteiger partial charge on any atom is 0.282 e. The first-order valence-electron chi connectivity index (χ1n) is 5.54. The van der Waals surface area contributed by atoms with Gasteiger partial charge < -0.3 is 15.6 Å². The van der Waals surface area contributed by atoms with Gasteiger partial charge in [-0.1, -0.05) is 12.1 Å². The molecule has 98 valence electrons. The molecule has 19 heavy (non-hydrogen) atoms. The molecule has 0 amide bonds. The molecule has 0 spiro atoms. The lowest BCUT2D eigenvalue weighted by Crippen LogP contribution is -2.14. The molecule has 7 heteroatoms. The summed E-state index contributed by atoms with van der Waals surface area (Å²) in [6.07, 6.45) is 0. The Morgan fingerprint density at radius 1 is 1.32 bits per heavy atom. The third kappa shape index (κ3) is 2.30. The summed E-state index contributed by atoms with van der Waals surface area (Å²) in [5.74, 6) is 0.126. The highest BCUT2D eigenvalue weighted by Crippen LogP contribution is 2.27. The first kappa shape index (κ1) is 12.7. The quantitative estimate of drug-likeness (QED) is 0.812. The maximum absolute atomic E-state index is 11.7. The SMILES string of the molecule is CN(C)c1ccccc1-c1nc(N)c(N=O)c(=O)[nH]1. The molecular formula is C12H13N5O2. The van der Waals surface area contributed by atoms with Gasteiger partial charge in [-0.05, 0) is 17.3 Å². The van der Waals surface area contributed by atoms with E-state index in [-0.39, 0.29) is 5.82 Å². The average molecular weight is 259 g/mol. The first-order chi connectivity index (χ1) is 9.04. The number of nitrogens with zero attached hydrogens (tertiary/aromatic N) is 3. The van der Waals surface area contributed by atoms with Gasteiger partial charge in [0.2, 0.25) is 5.69 Å². The van der Waals surface area contributed by atoms with Crippen molar-refractivity contribution in [2.75, 3.05) is 24.7 Å². The number of nitrogen functional groups attached to an aromatic ring is 1. The molecule has 1 aromatic heterocycles. The van der Waals surface area contributed by atoms with Gasteiger partial charge in [0, 0.05) is 25.3 Å². The van der Waals surface area contributed by atoms with E-state index in [9.17, 15) is 9.70 Å². The second-order valence-corrected chi connectivity index (χ2v) is 4.15. The minimum atomic E-state index is -0.647. The van der Waals surface area contributed by atoms with Gasteiger partial charge in [-0.3, -0.25) is 4.79 Å². The van der Waals surface area contributed by atoms with Gasteiger partial charge in [-0.15, -0.1) is 4.91 Å². The molecule has 2 aromatic rings. The fourth-order valence-corrected chi connectivity index (χ4v) is 1.76. The summed E-state index contributed by atoms with van der Waals surface area (Å²) in [5.41, 5.74) is 6.10. The smallest absolute Gasteiger partial charge is 0.282 e. The lowest BCUT2D eigenvalue weighted by molar-refractivity contribution is 1.10. The van der Waals surface area contributed by atoms with Crippen LogP contribution in [0.5, 0.6) is 0 Å². The van der Waals surface area contributed by atoms with Crippen molar-refractivity contribution in [1.82, 2.24) is 9.97 Å². The van der Waals surface area contributed by atoms with Gasteiger partial charge in [0.15, 0.2) is 5.82 Å². The molecule has 2 rings (SSSR count). The van der Waals surface area contributed by atoms with Crippen LogP contribution in [0.1, 0.15) is 0 Å². The Labute approximate surface area is 109 Å². The summed E-state index contributed by atoms with van der Waals surface area (Å²) in [7, 11) is 3.75. The van der Waals surface area contributed by atoms with Gasteiger partial charge >= 0.3 is 0 Å². The van der Waals surface area contributed by atoms with Crippen LogP contribution >= 0.6 is 0 Å². The van der Waals surface area contributed by atoms with Crippen molar-refractivity contribution in [3.05, 3.63) is 39.5 Å². The number of rotatable bonds is 3. The first-order valence-corrected chi connectivity index (χ1v) is 5.54. The predicted molar refractivity (Wildman–Crippen MR) is 74.5 cm³/mol. The number of aromatic amines is 1. The van der Waals surface area contributed by atoms with E-state index in [1.54, 1.807) is 6.07 Å². The highest BCUT2D eigenvalue weighted by Gasteiger charge is 2.13. The highest BCUT2D eigenvalue weighted by molar-refractivity contribution is 5.75. The Morgan fingerprint density at radius 2 is 2.00 bits per heavy atom. The molecule has 0 saturated carbocycles. The van der Waals surface area contributed by atoms with E-state index in [1.165, 1.54) is 0 Å². The topological polar surface area (TPSA) is 104 Å². The van der Waals surface area contributed by atoms with E-state index < -0.39 is 11.2 Å². The Bertz CT molecular complexity index is 678. The van der Waals surface area contributed by atoms with E-state index in [0.717, 1.165) is 5.69 Å². The summed E-state index contributed by atoms with van der Waals surface area (Å²) in [5, 5.41) is 2.57. The van der Waals surface area contributed by atoms with E-state index in [1.807, 2.05) is 37.2 Å². The largest absolute Gasteiger partial charge is 0.382 e. The van der Waals surface area contributed by atoms with Crippen molar-refractivity contribution in [1.29, 1.82) is 0 Å². The third-order valence-corrected chi connectivity index (χ3v) is 2.65. The Morgan fingerprint density at radius 3 is 2.58 bits per heavy atom. The standard InChI is InChI=1S/C12H13N5O2/c1-17(2)8-6-4-3-5-7(8)11-14-10(13)9(16-19)12(18)15-11/h3-6H,1-2H3,(H3,13,14,15,18). The van der Waals surface area contributed by atoms with Crippen LogP contribution in [0.3, 0.4) is 0 Å². The fourth-order valence-electron chi connectivity index (χ4n) is 1.76. The molecule has 0 aliphatic rings. The van der Waals surface area contributed by atoms with Crippen LogP contribution in [-0.4, -0.2) is 24.1 Å². The number of aromatic nitrogens is 2. The van der Waals surface area contributed by atoms with Gasteiger partial charge in [-0.2, -0.15) is 0 Å². The molecular weight excluding hydrogens is 246 g/mol. The lowest BCUT2D eigenvalue weighted by Gasteiger charge is -2.16. The van der Waals surface area contributed by atoms with Crippen LogP contribution in [-0.2, 0) is 0 Å². The van der Waals surface area contributed by atoms with Crippen molar-refractivity contribution >= 4 is 17.2 Å². The monoisotopic (exact) mass is 259 g/mol. The molecule has 0 saturated heterocycles. The van der Waals surface area contributed by atoms with Crippen molar-refractivity contribution in [2.45, 2.75) is 0 Å². The lowest BCUT2D eigenvalue weighted by atomic mass is 10.1. The number of hydrogen-bond donors (Lipinski definition) is 2. The summed E-state index contributed by atoms with van der Waals surface area (Å²) < 4.78 is 0. The van der Waals surface area contributed by atoms with Crippen molar-refractivity contribution in [3.8, 4) is 11.4 Å². The zero-order valence-electron chi connectivity index (χ0n) is 10.5. The summed E-state index contributed by atoms with van der Waals surface area (Å²) in [6.45, 7) is 0. The third-order valence-electron chi connectivity index (χ3n) is 2.65. The van der Waals surface area contributed by atoms with Crippen LogP contribution in [0.15, 0.2) is 34.2 Å². The van der Waals surface area contributed by atoms with Gasteiger partial charge in [0.05, 0.1) is 0 Å². The number of anilines is 2. The van der Waals surface area contributed by atoms with Crippen molar-refractivity contribution < 1.29 is 0 Å². The molecule has 0 radical (unpaired) electrons. The molecule has 0 bridgehead atoms. The average Bonchev–Trinajstić information content (AvgIpc) is 2.38. The molecule has 7 nitrogen and oxygen atoms in total. The van der Waals surface area contributed by atoms with Gasteiger partial charge in [-0.25, -0.2) is 4.98 Å². The molecule has 0 fully saturated rings. The number of para-hydroxylation sites is 1. The van der Waals surface area contributed by atoms with Crippen LogP contribution in [0, 0.1) is 4.91 Å². The summed E-state index contributed by atoms with van der Waals surface area (Å²) in [6, 6.07) is 7.39. The maximum atomic E-state index is 11.7. The summed E-state index contributed by atoms with van der Waals surface area (Å²) in [4.78, 5) is 30.6. The summed E-state index contributed by atoms with van der Waals surface area (Å²) >= 11 is 0. The zero-order chi connectivity index (χ0) is 14.0. The van der Waals surface area contributed by atoms with E-state index in [4.69, 9.17) is 5.73 Å². The molecule has 0 unspecified atom stereocenters. The fraction of sp³-hybridized carbons (Fsp3) is 0.167. The molecule has 0 atom stereocenters.